The highest BCUT2D eigenvalue weighted by Gasteiger charge is 2.24. The second kappa shape index (κ2) is 4.18. The van der Waals surface area contributed by atoms with E-state index in [-0.39, 0.29) is 11.9 Å². The minimum absolute atomic E-state index is 0.0653. The summed E-state index contributed by atoms with van der Waals surface area (Å²) in [5.41, 5.74) is 9.75. The smallest absolute Gasteiger partial charge is 0.225 e. The van der Waals surface area contributed by atoms with Crippen molar-refractivity contribution < 1.29 is 4.79 Å². The number of carbonyl (C=O) groups excluding carboxylic acids is 1. The van der Waals surface area contributed by atoms with Gasteiger partial charge in [0.1, 0.15) is 0 Å². The van der Waals surface area contributed by atoms with Crippen molar-refractivity contribution in [3.8, 4) is 0 Å². The van der Waals surface area contributed by atoms with Gasteiger partial charge in [-0.25, -0.2) is 0 Å². The minimum atomic E-state index is -0.0666. The molecule has 18 heavy (non-hydrogen) atoms. The maximum absolute atomic E-state index is 11.7. The third-order valence-corrected chi connectivity index (χ3v) is 3.29. The summed E-state index contributed by atoms with van der Waals surface area (Å²) in [7, 11) is 0. The molecule has 3 rings (SSSR count). The summed E-state index contributed by atoms with van der Waals surface area (Å²) in [5.74, 6) is 0.0653. The normalized spacial score (nSPS) is 18.0. The molecule has 2 aromatic carbocycles. The van der Waals surface area contributed by atoms with Crippen LogP contribution in [0.15, 0.2) is 48.5 Å². The number of fused-ring (bicyclic) bond motifs is 1. The van der Waals surface area contributed by atoms with E-state index in [9.17, 15) is 4.79 Å². The molecule has 1 atom stereocenters. The largest absolute Gasteiger partial charge is 0.399 e. The van der Waals surface area contributed by atoms with E-state index in [0.29, 0.717) is 6.42 Å². The van der Waals surface area contributed by atoms with Crippen LogP contribution in [0.4, 0.5) is 5.69 Å². The van der Waals surface area contributed by atoms with Crippen molar-refractivity contribution in [2.24, 2.45) is 0 Å². The summed E-state index contributed by atoms with van der Waals surface area (Å²) in [5, 5.41) is 3.03. The van der Waals surface area contributed by atoms with Crippen LogP contribution >= 0.6 is 0 Å². The average Bonchev–Trinajstić information content (AvgIpc) is 2.38. The van der Waals surface area contributed by atoms with Gasteiger partial charge in [0.25, 0.3) is 0 Å². The molecule has 0 bridgehead atoms. The molecule has 0 spiro atoms. The lowest BCUT2D eigenvalue weighted by Gasteiger charge is -2.27. The summed E-state index contributed by atoms with van der Waals surface area (Å²) in [6, 6.07) is 15.6. The van der Waals surface area contributed by atoms with Crippen molar-refractivity contribution in [2.45, 2.75) is 12.5 Å². The third kappa shape index (κ3) is 1.84. The zero-order valence-electron chi connectivity index (χ0n) is 9.89. The molecule has 0 unspecified atom stereocenters. The number of nitrogen functional groups attached to an aromatic ring is 1. The van der Waals surface area contributed by atoms with E-state index >= 15 is 0 Å². The Bertz CT molecular complexity index is 590. The van der Waals surface area contributed by atoms with Crippen LogP contribution < -0.4 is 11.1 Å². The zero-order chi connectivity index (χ0) is 12.5. The molecule has 90 valence electrons. The first-order chi connectivity index (χ1) is 8.74. The predicted octanol–water partition coefficient (Wildman–Crippen LogP) is 2.03. The Hall–Kier alpha value is -2.29. The third-order valence-electron chi connectivity index (χ3n) is 3.29. The minimum Gasteiger partial charge on any atom is -0.399 e. The molecule has 1 heterocycles. The predicted molar refractivity (Wildman–Crippen MR) is 71.0 cm³/mol. The quantitative estimate of drug-likeness (QED) is 0.747. The van der Waals surface area contributed by atoms with Crippen molar-refractivity contribution in [2.75, 3.05) is 5.73 Å². The van der Waals surface area contributed by atoms with E-state index in [1.165, 1.54) is 5.56 Å². The van der Waals surface area contributed by atoms with E-state index in [1.807, 2.05) is 42.5 Å². The lowest BCUT2D eigenvalue weighted by atomic mass is 9.89. The molecule has 1 aliphatic heterocycles. The van der Waals surface area contributed by atoms with Gasteiger partial charge >= 0.3 is 0 Å². The standard InChI is InChI=1S/C15H14N2O/c16-12-7-5-10(6-8-12)15-13-4-2-1-3-11(13)9-14(18)17-15/h1-8,15H,9,16H2,(H,17,18)/t15-/m0/s1. The lowest BCUT2D eigenvalue weighted by Crippen LogP contribution is -2.35. The number of hydrogen-bond donors (Lipinski definition) is 2. The summed E-state index contributed by atoms with van der Waals surface area (Å²) < 4.78 is 0. The van der Waals surface area contributed by atoms with E-state index in [4.69, 9.17) is 5.73 Å². The van der Waals surface area contributed by atoms with Crippen LogP contribution in [0.5, 0.6) is 0 Å². The molecule has 0 aromatic heterocycles. The number of hydrogen-bond acceptors (Lipinski definition) is 2. The van der Waals surface area contributed by atoms with Crippen molar-refractivity contribution in [3.05, 3.63) is 65.2 Å². The van der Waals surface area contributed by atoms with Crippen LogP contribution in [0.2, 0.25) is 0 Å². The maximum atomic E-state index is 11.7. The van der Waals surface area contributed by atoms with Crippen molar-refractivity contribution >= 4 is 11.6 Å². The van der Waals surface area contributed by atoms with Gasteiger partial charge in [-0.15, -0.1) is 0 Å². The number of carbonyl (C=O) groups is 1. The Kier molecular flexibility index (Phi) is 2.52. The molecule has 0 radical (unpaired) electrons. The molecule has 1 aliphatic rings. The topological polar surface area (TPSA) is 55.1 Å². The summed E-state index contributed by atoms with van der Waals surface area (Å²) in [4.78, 5) is 11.7. The number of amides is 1. The van der Waals surface area contributed by atoms with Gasteiger partial charge in [0, 0.05) is 5.69 Å². The second-order valence-corrected chi connectivity index (χ2v) is 4.54. The van der Waals surface area contributed by atoms with Crippen LogP contribution in [0, 0.1) is 0 Å². The zero-order valence-corrected chi connectivity index (χ0v) is 9.89. The van der Waals surface area contributed by atoms with E-state index in [2.05, 4.69) is 11.4 Å². The summed E-state index contributed by atoms with van der Waals surface area (Å²) in [6.07, 6.45) is 0.460. The van der Waals surface area contributed by atoms with Crippen molar-refractivity contribution in [1.29, 1.82) is 0 Å². The van der Waals surface area contributed by atoms with Crippen LogP contribution in [0.25, 0.3) is 0 Å². The summed E-state index contributed by atoms with van der Waals surface area (Å²) in [6.45, 7) is 0. The van der Waals surface area contributed by atoms with Gasteiger partial charge in [0.15, 0.2) is 0 Å². The molecule has 0 saturated carbocycles. The number of benzene rings is 2. The van der Waals surface area contributed by atoms with Gasteiger partial charge < -0.3 is 11.1 Å². The Balaban J connectivity index is 2.07. The van der Waals surface area contributed by atoms with Gasteiger partial charge in [-0.05, 0) is 28.8 Å². The van der Waals surface area contributed by atoms with Gasteiger partial charge in [0.2, 0.25) is 5.91 Å². The number of rotatable bonds is 1. The van der Waals surface area contributed by atoms with E-state index in [0.717, 1.165) is 16.8 Å². The molecule has 0 saturated heterocycles. The Morgan fingerprint density at radius 2 is 1.78 bits per heavy atom. The van der Waals surface area contributed by atoms with Crippen LogP contribution in [-0.4, -0.2) is 5.91 Å². The fourth-order valence-corrected chi connectivity index (χ4v) is 2.39. The average molecular weight is 238 g/mol. The highest BCUT2D eigenvalue weighted by atomic mass is 16.1. The Labute approximate surface area is 106 Å². The highest BCUT2D eigenvalue weighted by molar-refractivity contribution is 5.82. The molecular formula is C15H14N2O. The first-order valence-corrected chi connectivity index (χ1v) is 5.96. The second-order valence-electron chi connectivity index (χ2n) is 4.54. The fourth-order valence-electron chi connectivity index (χ4n) is 2.39. The fraction of sp³-hybridized carbons (Fsp3) is 0.133. The highest BCUT2D eigenvalue weighted by Crippen LogP contribution is 2.29. The summed E-state index contributed by atoms with van der Waals surface area (Å²) >= 11 is 0. The van der Waals surface area contributed by atoms with Crippen LogP contribution in [0.3, 0.4) is 0 Å². The van der Waals surface area contributed by atoms with Crippen molar-refractivity contribution in [3.63, 3.8) is 0 Å². The molecule has 2 aromatic rings. The lowest BCUT2D eigenvalue weighted by molar-refractivity contribution is -0.121. The maximum Gasteiger partial charge on any atom is 0.225 e. The van der Waals surface area contributed by atoms with E-state index < -0.39 is 0 Å². The van der Waals surface area contributed by atoms with E-state index in [1.54, 1.807) is 0 Å². The molecular weight excluding hydrogens is 224 g/mol. The Morgan fingerprint density at radius 1 is 1.06 bits per heavy atom. The number of nitrogens with one attached hydrogen (secondary N) is 1. The first-order valence-electron chi connectivity index (χ1n) is 5.96. The van der Waals surface area contributed by atoms with Gasteiger partial charge in [-0.3, -0.25) is 4.79 Å². The molecule has 3 heteroatoms. The monoisotopic (exact) mass is 238 g/mol. The van der Waals surface area contributed by atoms with Gasteiger partial charge in [-0.2, -0.15) is 0 Å². The van der Waals surface area contributed by atoms with Gasteiger partial charge in [0.05, 0.1) is 12.5 Å². The molecule has 3 nitrogen and oxygen atoms in total. The molecule has 0 fully saturated rings. The first kappa shape index (κ1) is 10.8. The molecule has 3 N–H and O–H groups in total. The van der Waals surface area contributed by atoms with Gasteiger partial charge in [-0.1, -0.05) is 36.4 Å². The van der Waals surface area contributed by atoms with Crippen molar-refractivity contribution in [1.82, 2.24) is 5.32 Å². The molecule has 0 aliphatic carbocycles. The van der Waals surface area contributed by atoms with Crippen LogP contribution in [0.1, 0.15) is 22.7 Å². The number of nitrogens with two attached hydrogens (primary N) is 1. The SMILES string of the molecule is Nc1ccc([C@@H]2NC(=O)Cc3ccccc32)cc1. The molecule has 1 amide bonds. The number of anilines is 1. The Morgan fingerprint density at radius 3 is 2.56 bits per heavy atom. The van der Waals surface area contributed by atoms with Crippen LogP contribution in [-0.2, 0) is 11.2 Å².